The molecule has 1 amide bonds. The number of para-hydroxylation sites is 1. The zero-order valence-corrected chi connectivity index (χ0v) is 17.7. The Morgan fingerprint density at radius 2 is 1.54 bits per heavy atom. The van der Waals surface area contributed by atoms with Gasteiger partial charge < -0.3 is 5.32 Å². The quantitative estimate of drug-likeness (QED) is 0.411. The summed E-state index contributed by atoms with van der Waals surface area (Å²) in [5.74, 6) is -0.115. The number of aromatic nitrogens is 1. The number of aliphatic imine (C=N–C) groups is 1. The number of pyridine rings is 1. The fourth-order valence-corrected chi connectivity index (χ4v) is 3.17. The number of amides is 1. The Kier molecular flexibility index (Phi) is 8.86. The van der Waals surface area contributed by atoms with Crippen molar-refractivity contribution >= 4 is 17.3 Å². The highest BCUT2D eigenvalue weighted by molar-refractivity contribution is 6.00. The lowest BCUT2D eigenvalue weighted by molar-refractivity contribution is 0.0948. The van der Waals surface area contributed by atoms with E-state index in [9.17, 15) is 4.79 Å². The minimum Gasteiger partial charge on any atom is -0.351 e. The number of benzene rings is 1. The minimum atomic E-state index is -0.115. The zero-order valence-electron chi connectivity index (χ0n) is 17.7. The van der Waals surface area contributed by atoms with Gasteiger partial charge in [0.05, 0.1) is 17.1 Å². The predicted octanol–water partition coefficient (Wildman–Crippen LogP) is 5.93. The average Bonchev–Trinajstić information content (AvgIpc) is 2.70. The predicted molar refractivity (Wildman–Crippen MR) is 118 cm³/mol. The second-order valence-electron chi connectivity index (χ2n) is 7.37. The molecule has 0 radical (unpaired) electrons. The second-order valence-corrected chi connectivity index (χ2v) is 7.37. The fraction of sp³-hybridized carbons (Fsp3) is 0.458. The van der Waals surface area contributed by atoms with Crippen LogP contribution in [0.1, 0.15) is 79.7 Å². The van der Waals surface area contributed by atoms with Crippen molar-refractivity contribution in [2.75, 3.05) is 6.54 Å². The Bertz CT molecular complexity index is 791. The molecule has 28 heavy (non-hydrogen) atoms. The molecule has 1 aromatic heterocycles. The van der Waals surface area contributed by atoms with E-state index >= 15 is 0 Å². The molecule has 150 valence electrons. The summed E-state index contributed by atoms with van der Waals surface area (Å²) in [5.41, 5.74) is 5.22. The first kappa shape index (κ1) is 21.8. The molecule has 2 aromatic rings. The number of hydrogen-bond acceptors (Lipinski definition) is 3. The van der Waals surface area contributed by atoms with Gasteiger partial charge in [-0.25, -0.2) is 4.98 Å². The van der Waals surface area contributed by atoms with Crippen LogP contribution in [0, 0.1) is 13.8 Å². The number of aryl methyl sites for hydroxylation is 2. The van der Waals surface area contributed by atoms with Crippen LogP contribution in [0.5, 0.6) is 0 Å². The molecular weight excluding hydrogens is 346 g/mol. The van der Waals surface area contributed by atoms with Crippen LogP contribution in [0.25, 0.3) is 0 Å². The largest absolute Gasteiger partial charge is 0.351 e. The first-order chi connectivity index (χ1) is 13.5. The van der Waals surface area contributed by atoms with Crippen molar-refractivity contribution in [1.29, 1.82) is 0 Å². The molecule has 0 unspecified atom stereocenters. The zero-order chi connectivity index (χ0) is 20.4. The number of hydrogen-bond donors (Lipinski definition) is 1. The normalized spacial score (nSPS) is 11.5. The molecule has 1 N–H and O–H groups in total. The van der Waals surface area contributed by atoms with E-state index in [1.54, 1.807) is 6.07 Å². The van der Waals surface area contributed by atoms with E-state index in [1.165, 1.54) is 25.7 Å². The van der Waals surface area contributed by atoms with Gasteiger partial charge in [-0.1, -0.05) is 63.3 Å². The Morgan fingerprint density at radius 1 is 0.929 bits per heavy atom. The first-order valence-electron chi connectivity index (χ1n) is 10.4. The molecule has 0 saturated heterocycles. The van der Waals surface area contributed by atoms with E-state index in [-0.39, 0.29) is 5.91 Å². The number of carbonyl (C=O) groups excluding carboxylic acids is 1. The van der Waals surface area contributed by atoms with Gasteiger partial charge in [0.1, 0.15) is 5.69 Å². The van der Waals surface area contributed by atoms with Crippen LogP contribution in [0.4, 0.5) is 5.69 Å². The third-order valence-corrected chi connectivity index (χ3v) is 4.89. The van der Waals surface area contributed by atoms with Gasteiger partial charge in [-0.15, -0.1) is 0 Å². The van der Waals surface area contributed by atoms with Crippen molar-refractivity contribution in [2.45, 2.75) is 66.2 Å². The highest BCUT2D eigenvalue weighted by Gasteiger charge is 2.09. The summed E-state index contributed by atoms with van der Waals surface area (Å²) in [7, 11) is 0. The van der Waals surface area contributed by atoms with Gasteiger partial charge in [0.25, 0.3) is 5.91 Å². The van der Waals surface area contributed by atoms with Crippen LogP contribution < -0.4 is 5.32 Å². The van der Waals surface area contributed by atoms with E-state index in [0.29, 0.717) is 12.2 Å². The van der Waals surface area contributed by atoms with Gasteiger partial charge in [-0.3, -0.25) is 9.79 Å². The van der Waals surface area contributed by atoms with Crippen molar-refractivity contribution in [2.24, 2.45) is 4.99 Å². The van der Waals surface area contributed by atoms with Crippen LogP contribution in [0.3, 0.4) is 0 Å². The Labute approximate surface area is 169 Å². The molecule has 0 bridgehead atoms. The number of nitrogens with zero attached hydrogens (tertiary/aromatic N) is 2. The molecule has 0 aliphatic rings. The van der Waals surface area contributed by atoms with Crippen molar-refractivity contribution in [3.8, 4) is 0 Å². The Hall–Kier alpha value is -2.49. The molecule has 0 atom stereocenters. The lowest BCUT2D eigenvalue weighted by Crippen LogP contribution is -2.25. The Morgan fingerprint density at radius 3 is 2.25 bits per heavy atom. The molecule has 0 aliphatic heterocycles. The molecule has 0 fully saturated rings. The number of unbranched alkanes of at least 4 members (excludes halogenated alkanes) is 5. The monoisotopic (exact) mass is 379 g/mol. The second kappa shape index (κ2) is 11.4. The van der Waals surface area contributed by atoms with Crippen LogP contribution in [0.2, 0.25) is 0 Å². The number of nitrogens with one attached hydrogen (secondary N) is 1. The lowest BCUT2D eigenvalue weighted by atomic mass is 10.1. The molecule has 2 rings (SSSR count). The summed E-state index contributed by atoms with van der Waals surface area (Å²) < 4.78 is 0. The van der Waals surface area contributed by atoms with E-state index in [2.05, 4.69) is 43.2 Å². The van der Waals surface area contributed by atoms with E-state index < -0.39 is 0 Å². The van der Waals surface area contributed by atoms with Crippen molar-refractivity contribution in [1.82, 2.24) is 10.3 Å². The third-order valence-electron chi connectivity index (χ3n) is 4.89. The van der Waals surface area contributed by atoms with E-state index in [0.717, 1.165) is 41.1 Å². The maximum atomic E-state index is 12.4. The topological polar surface area (TPSA) is 54.4 Å². The highest BCUT2D eigenvalue weighted by Crippen LogP contribution is 2.23. The highest BCUT2D eigenvalue weighted by atomic mass is 16.1. The van der Waals surface area contributed by atoms with Gasteiger partial charge in [-0.05, 0) is 50.5 Å². The van der Waals surface area contributed by atoms with Gasteiger partial charge in [-0.2, -0.15) is 0 Å². The summed E-state index contributed by atoms with van der Waals surface area (Å²) in [6.07, 6.45) is 7.26. The fourth-order valence-electron chi connectivity index (χ4n) is 3.17. The summed E-state index contributed by atoms with van der Waals surface area (Å²) in [6.45, 7) is 8.96. The van der Waals surface area contributed by atoms with Gasteiger partial charge in [0.15, 0.2) is 0 Å². The summed E-state index contributed by atoms with van der Waals surface area (Å²) in [5, 5.41) is 2.98. The first-order valence-corrected chi connectivity index (χ1v) is 10.4. The van der Waals surface area contributed by atoms with Crippen LogP contribution in [-0.2, 0) is 0 Å². The van der Waals surface area contributed by atoms with Crippen LogP contribution in [-0.4, -0.2) is 23.1 Å². The number of carbonyl (C=O) groups is 1. The van der Waals surface area contributed by atoms with Gasteiger partial charge >= 0.3 is 0 Å². The summed E-state index contributed by atoms with van der Waals surface area (Å²) >= 11 is 0. The van der Waals surface area contributed by atoms with Crippen molar-refractivity contribution < 1.29 is 4.79 Å². The molecule has 4 heteroatoms. The van der Waals surface area contributed by atoms with Crippen molar-refractivity contribution in [3.05, 3.63) is 58.9 Å². The third kappa shape index (κ3) is 6.59. The van der Waals surface area contributed by atoms with Crippen LogP contribution in [0.15, 0.2) is 41.4 Å². The van der Waals surface area contributed by atoms with E-state index in [4.69, 9.17) is 4.99 Å². The maximum Gasteiger partial charge on any atom is 0.269 e. The SMILES string of the molecule is CCCCCCCCNC(=O)c1cccc(C(C)=Nc2c(C)cccc2C)n1. The molecule has 4 nitrogen and oxygen atoms in total. The minimum absolute atomic E-state index is 0.115. The average molecular weight is 380 g/mol. The summed E-state index contributed by atoms with van der Waals surface area (Å²) in [4.78, 5) is 21.7. The molecule has 1 heterocycles. The lowest BCUT2D eigenvalue weighted by Gasteiger charge is -2.08. The molecule has 0 spiro atoms. The molecule has 0 aliphatic carbocycles. The van der Waals surface area contributed by atoms with Crippen molar-refractivity contribution in [3.63, 3.8) is 0 Å². The van der Waals surface area contributed by atoms with Gasteiger partial charge in [0, 0.05) is 6.54 Å². The molecular formula is C24H33N3O. The molecule has 1 aromatic carbocycles. The van der Waals surface area contributed by atoms with Gasteiger partial charge in [0.2, 0.25) is 0 Å². The Balaban J connectivity index is 1.97. The van der Waals surface area contributed by atoms with E-state index in [1.807, 2.05) is 25.1 Å². The summed E-state index contributed by atoms with van der Waals surface area (Å²) in [6, 6.07) is 11.7. The maximum absolute atomic E-state index is 12.4. The standard InChI is InChI=1S/C24H33N3O/c1-5-6-7-8-9-10-17-25-24(28)22-16-12-15-21(27-22)20(4)26-23-18(2)13-11-14-19(23)3/h11-16H,5-10,17H2,1-4H3,(H,25,28). The number of rotatable bonds is 10. The van der Waals surface area contributed by atoms with Crippen LogP contribution >= 0.6 is 0 Å². The molecule has 0 saturated carbocycles. The smallest absolute Gasteiger partial charge is 0.269 e.